The molecule has 0 bridgehead atoms. The second-order valence-corrected chi connectivity index (χ2v) is 7.21. The maximum Gasteiger partial charge on any atom is 0.277 e. The van der Waals surface area contributed by atoms with Crippen molar-refractivity contribution in [2.75, 3.05) is 18.2 Å². The maximum atomic E-state index is 12.3. The minimum Gasteiger partial charge on any atom is -0.497 e. The molecular weight excluding hydrogens is 374 g/mol. The van der Waals surface area contributed by atoms with Crippen molar-refractivity contribution in [2.24, 2.45) is 0 Å². The van der Waals surface area contributed by atoms with Crippen LogP contribution in [0.4, 0.5) is 5.69 Å². The van der Waals surface area contributed by atoms with Gasteiger partial charge in [0.1, 0.15) is 5.75 Å². The summed E-state index contributed by atoms with van der Waals surface area (Å²) < 4.78 is 10.8. The number of anilines is 1. The second kappa shape index (κ2) is 9.41. The Bertz CT molecular complexity index is 938. The second-order valence-electron chi connectivity index (χ2n) is 6.29. The van der Waals surface area contributed by atoms with Crippen molar-refractivity contribution in [3.05, 3.63) is 65.0 Å². The van der Waals surface area contributed by atoms with Gasteiger partial charge < -0.3 is 14.5 Å². The number of carbonyl (C=O) groups excluding carboxylic acids is 1. The number of hydrogen-bond donors (Lipinski definition) is 1. The molecule has 0 atom stereocenters. The van der Waals surface area contributed by atoms with Gasteiger partial charge >= 0.3 is 0 Å². The predicted molar refractivity (Wildman–Crippen MR) is 110 cm³/mol. The average Bonchev–Trinajstić information content (AvgIpc) is 3.16. The molecule has 0 fully saturated rings. The largest absolute Gasteiger partial charge is 0.497 e. The molecule has 1 heterocycles. The molecule has 1 N–H and O–H groups in total. The van der Waals surface area contributed by atoms with Crippen molar-refractivity contribution in [3.8, 4) is 5.75 Å². The van der Waals surface area contributed by atoms with Crippen molar-refractivity contribution in [1.29, 1.82) is 0 Å². The van der Waals surface area contributed by atoms with Crippen LogP contribution < -0.4 is 10.1 Å². The molecule has 6 nitrogen and oxygen atoms in total. The Kier molecular flexibility index (Phi) is 6.71. The van der Waals surface area contributed by atoms with E-state index < -0.39 is 0 Å². The zero-order valence-corrected chi connectivity index (χ0v) is 17.0. The predicted octanol–water partition coefficient (Wildman–Crippen LogP) is 4.27. The molecule has 28 heavy (non-hydrogen) atoms. The molecule has 1 amide bonds. The average molecular weight is 398 g/mol. The Morgan fingerprint density at radius 3 is 2.68 bits per heavy atom. The van der Waals surface area contributed by atoms with Gasteiger partial charge in [0.2, 0.25) is 11.8 Å². The van der Waals surface area contributed by atoms with E-state index in [9.17, 15) is 4.79 Å². The van der Waals surface area contributed by atoms with Gasteiger partial charge in [-0.05, 0) is 42.2 Å². The van der Waals surface area contributed by atoms with Crippen molar-refractivity contribution in [1.82, 2.24) is 10.2 Å². The van der Waals surface area contributed by atoms with Crippen LogP contribution in [-0.2, 0) is 17.6 Å². The van der Waals surface area contributed by atoms with E-state index in [0.29, 0.717) is 17.5 Å². The lowest BCUT2D eigenvalue weighted by atomic mass is 10.1. The molecule has 2 aromatic carbocycles. The number of aromatic nitrogens is 2. The number of para-hydroxylation sites is 1. The highest BCUT2D eigenvalue weighted by atomic mass is 32.2. The number of nitrogens with one attached hydrogen (secondary N) is 1. The third-order valence-electron chi connectivity index (χ3n) is 4.29. The highest BCUT2D eigenvalue weighted by Gasteiger charge is 2.12. The molecule has 0 aliphatic heterocycles. The number of hydrogen-bond acceptors (Lipinski definition) is 6. The molecule has 3 aromatic rings. The fraction of sp³-hybridized carbons (Fsp3) is 0.286. The number of thioether (sulfide) groups is 1. The van der Waals surface area contributed by atoms with Crippen molar-refractivity contribution in [2.45, 2.75) is 31.9 Å². The van der Waals surface area contributed by atoms with E-state index in [-0.39, 0.29) is 11.7 Å². The van der Waals surface area contributed by atoms with Crippen LogP contribution in [0, 0.1) is 6.92 Å². The van der Waals surface area contributed by atoms with Gasteiger partial charge in [-0.25, -0.2) is 0 Å². The lowest BCUT2D eigenvalue weighted by Gasteiger charge is -2.12. The zero-order chi connectivity index (χ0) is 19.9. The molecule has 0 saturated carbocycles. The summed E-state index contributed by atoms with van der Waals surface area (Å²) in [4.78, 5) is 12.3. The summed E-state index contributed by atoms with van der Waals surface area (Å²) in [6.07, 6.45) is 1.40. The minimum absolute atomic E-state index is 0.0936. The van der Waals surface area contributed by atoms with Gasteiger partial charge in [-0.1, -0.05) is 49.0 Å². The molecule has 7 heteroatoms. The van der Waals surface area contributed by atoms with E-state index in [2.05, 4.69) is 22.4 Å². The van der Waals surface area contributed by atoms with E-state index >= 15 is 0 Å². The molecule has 1 aromatic heterocycles. The van der Waals surface area contributed by atoms with Crippen LogP contribution in [0.25, 0.3) is 0 Å². The van der Waals surface area contributed by atoms with Gasteiger partial charge in [0.15, 0.2) is 0 Å². The standard InChI is InChI=1S/C21H23N3O3S/c1-4-16-7-5-6-14(2)20(16)22-18(25)13-28-21-24-23-19(27-21)12-15-8-10-17(26-3)11-9-15/h5-11H,4,12-13H2,1-3H3,(H,22,25). The fourth-order valence-corrected chi connectivity index (χ4v) is 3.37. The van der Waals surface area contributed by atoms with Crippen LogP contribution in [0.2, 0.25) is 0 Å². The summed E-state index contributed by atoms with van der Waals surface area (Å²) in [5.74, 6) is 1.43. The lowest BCUT2D eigenvalue weighted by molar-refractivity contribution is -0.113. The minimum atomic E-state index is -0.0936. The molecule has 0 aliphatic rings. The Hall–Kier alpha value is -2.80. The van der Waals surface area contributed by atoms with Gasteiger partial charge in [-0.2, -0.15) is 0 Å². The first kappa shape index (κ1) is 19.9. The first-order valence-corrected chi connectivity index (χ1v) is 10.0. The molecule has 0 unspecified atom stereocenters. The van der Waals surface area contributed by atoms with E-state index in [1.165, 1.54) is 11.8 Å². The van der Waals surface area contributed by atoms with Gasteiger partial charge in [0.05, 0.1) is 19.3 Å². The first-order chi connectivity index (χ1) is 13.6. The van der Waals surface area contributed by atoms with Crippen LogP contribution in [0.3, 0.4) is 0 Å². The topological polar surface area (TPSA) is 77.2 Å². The maximum absolute atomic E-state index is 12.3. The molecule has 0 saturated heterocycles. The van der Waals surface area contributed by atoms with Crippen LogP contribution in [0.1, 0.15) is 29.5 Å². The number of nitrogens with zero attached hydrogens (tertiary/aromatic N) is 2. The van der Waals surface area contributed by atoms with E-state index in [4.69, 9.17) is 9.15 Å². The van der Waals surface area contributed by atoms with Crippen LogP contribution in [0.15, 0.2) is 52.1 Å². The number of methoxy groups -OCH3 is 1. The van der Waals surface area contributed by atoms with E-state index in [0.717, 1.165) is 34.5 Å². The number of carbonyl (C=O) groups is 1. The van der Waals surface area contributed by atoms with Crippen LogP contribution >= 0.6 is 11.8 Å². The summed E-state index contributed by atoms with van der Waals surface area (Å²) in [6.45, 7) is 4.06. The number of amides is 1. The normalized spacial score (nSPS) is 10.7. The summed E-state index contributed by atoms with van der Waals surface area (Å²) in [5.41, 5.74) is 4.11. The SMILES string of the molecule is CCc1cccc(C)c1NC(=O)CSc1nnc(Cc2ccc(OC)cc2)o1. The van der Waals surface area contributed by atoms with Crippen molar-refractivity contribution in [3.63, 3.8) is 0 Å². The summed E-state index contributed by atoms with van der Waals surface area (Å²) in [6, 6.07) is 13.7. The van der Waals surface area contributed by atoms with Gasteiger partial charge in [0.25, 0.3) is 5.22 Å². The Labute approximate surface area is 168 Å². The van der Waals surface area contributed by atoms with Gasteiger partial charge in [-0.3, -0.25) is 4.79 Å². The molecule has 3 rings (SSSR count). The van der Waals surface area contributed by atoms with Crippen molar-refractivity contribution >= 4 is 23.4 Å². The summed E-state index contributed by atoms with van der Waals surface area (Å²) in [7, 11) is 1.63. The molecule has 0 aliphatic carbocycles. The Morgan fingerprint density at radius 1 is 1.18 bits per heavy atom. The smallest absolute Gasteiger partial charge is 0.277 e. The number of aryl methyl sites for hydroxylation is 2. The van der Waals surface area contributed by atoms with Gasteiger partial charge in [0, 0.05) is 5.69 Å². The van der Waals surface area contributed by atoms with E-state index in [1.807, 2.05) is 49.4 Å². The molecular formula is C21H23N3O3S. The fourth-order valence-electron chi connectivity index (χ4n) is 2.79. The summed E-state index contributed by atoms with van der Waals surface area (Å²) in [5, 5.41) is 11.5. The highest BCUT2D eigenvalue weighted by Crippen LogP contribution is 2.23. The third-order valence-corrected chi connectivity index (χ3v) is 5.11. The van der Waals surface area contributed by atoms with E-state index in [1.54, 1.807) is 7.11 Å². The number of benzene rings is 2. The monoisotopic (exact) mass is 397 g/mol. The third kappa shape index (κ3) is 5.13. The molecule has 0 spiro atoms. The van der Waals surface area contributed by atoms with Crippen LogP contribution in [-0.4, -0.2) is 29.0 Å². The van der Waals surface area contributed by atoms with Crippen molar-refractivity contribution < 1.29 is 13.9 Å². The molecule has 146 valence electrons. The molecule has 0 radical (unpaired) electrons. The number of ether oxygens (including phenoxy) is 1. The van der Waals surface area contributed by atoms with Gasteiger partial charge in [-0.15, -0.1) is 10.2 Å². The quantitative estimate of drug-likeness (QED) is 0.572. The lowest BCUT2D eigenvalue weighted by Crippen LogP contribution is -2.16. The Morgan fingerprint density at radius 2 is 1.96 bits per heavy atom. The van der Waals surface area contributed by atoms with Crippen LogP contribution in [0.5, 0.6) is 5.75 Å². The zero-order valence-electron chi connectivity index (χ0n) is 16.2. The summed E-state index contributed by atoms with van der Waals surface area (Å²) >= 11 is 1.23. The first-order valence-electron chi connectivity index (χ1n) is 9.05. The number of rotatable bonds is 8. The Balaban J connectivity index is 1.54. The highest BCUT2D eigenvalue weighted by molar-refractivity contribution is 7.99.